The molecule has 1 N–H and O–H groups in total. The van der Waals surface area contributed by atoms with E-state index >= 15 is 0 Å². The second-order valence-electron chi connectivity index (χ2n) is 4.91. The van der Waals surface area contributed by atoms with Gasteiger partial charge in [-0.3, -0.25) is 0 Å². The molecule has 0 aliphatic heterocycles. The first-order valence-corrected chi connectivity index (χ1v) is 5.94. The smallest absolute Gasteiger partial charge is 0.128 e. The normalized spacial score (nSPS) is 11.8. The Morgan fingerprint density at radius 3 is 2.72 bits per heavy atom. The quantitative estimate of drug-likeness (QED) is 0.903. The van der Waals surface area contributed by atoms with Crippen LogP contribution in [-0.2, 0) is 5.54 Å². The van der Waals surface area contributed by atoms with E-state index in [-0.39, 0.29) is 11.4 Å². The summed E-state index contributed by atoms with van der Waals surface area (Å²) in [6.45, 7) is 5.91. The summed E-state index contributed by atoms with van der Waals surface area (Å²) in [5.41, 5.74) is 2.23. The Kier molecular flexibility index (Phi) is 3.22. The summed E-state index contributed by atoms with van der Waals surface area (Å²) in [4.78, 5) is 4.18. The fourth-order valence-electron chi connectivity index (χ4n) is 1.93. The molecule has 96 valence electrons. The minimum atomic E-state index is -0.227. The van der Waals surface area contributed by atoms with Crippen LogP contribution in [-0.4, -0.2) is 16.6 Å². The maximum absolute atomic E-state index is 13.6. The highest BCUT2D eigenvalue weighted by atomic mass is 19.1. The number of hydrogen-bond acceptors (Lipinski definition) is 2. The first-order valence-electron chi connectivity index (χ1n) is 5.94. The van der Waals surface area contributed by atoms with Crippen molar-refractivity contribution >= 4 is 0 Å². The minimum absolute atomic E-state index is 0.200. The summed E-state index contributed by atoms with van der Waals surface area (Å²) in [5, 5.41) is 3.23. The second kappa shape index (κ2) is 4.53. The van der Waals surface area contributed by atoms with E-state index < -0.39 is 0 Å². The Bertz CT molecular complexity index is 558. The summed E-state index contributed by atoms with van der Waals surface area (Å²) in [6, 6.07) is 5.09. The van der Waals surface area contributed by atoms with Crippen molar-refractivity contribution in [1.82, 2.24) is 14.9 Å². The summed E-state index contributed by atoms with van der Waals surface area (Å²) >= 11 is 0. The molecule has 0 amide bonds. The molecule has 3 nitrogen and oxygen atoms in total. The van der Waals surface area contributed by atoms with Gasteiger partial charge in [-0.05, 0) is 40.0 Å². The third-order valence-electron chi connectivity index (χ3n) is 3.40. The van der Waals surface area contributed by atoms with Crippen LogP contribution in [0.25, 0.3) is 5.69 Å². The van der Waals surface area contributed by atoms with Crippen LogP contribution < -0.4 is 5.32 Å². The molecule has 4 heteroatoms. The molecule has 0 aliphatic rings. The van der Waals surface area contributed by atoms with E-state index in [1.54, 1.807) is 25.5 Å². The van der Waals surface area contributed by atoms with Crippen molar-refractivity contribution < 1.29 is 4.39 Å². The maximum Gasteiger partial charge on any atom is 0.128 e. The predicted molar refractivity (Wildman–Crippen MR) is 70.3 cm³/mol. The Morgan fingerprint density at radius 2 is 2.06 bits per heavy atom. The van der Waals surface area contributed by atoms with Crippen LogP contribution in [0.15, 0.2) is 30.7 Å². The zero-order chi connectivity index (χ0) is 13.3. The number of imidazole rings is 1. The number of benzene rings is 1. The van der Waals surface area contributed by atoms with Crippen molar-refractivity contribution in [2.24, 2.45) is 0 Å². The zero-order valence-electron chi connectivity index (χ0n) is 11.2. The molecule has 2 aromatic rings. The number of nitrogens with zero attached hydrogens (tertiary/aromatic N) is 2. The molecule has 1 aromatic heterocycles. The standard InChI is InChI=1S/C14H18FN3/c1-10-11(15)6-5-7-12(10)18-9-17-8-13(18)14(2,3)16-4/h5-9,16H,1-4H3. The number of nitrogens with one attached hydrogen (secondary N) is 1. The lowest BCUT2D eigenvalue weighted by atomic mass is 10.0. The Morgan fingerprint density at radius 1 is 1.33 bits per heavy atom. The highest BCUT2D eigenvalue weighted by molar-refractivity contribution is 5.43. The van der Waals surface area contributed by atoms with Gasteiger partial charge in [-0.1, -0.05) is 6.07 Å². The molecule has 0 radical (unpaired) electrons. The van der Waals surface area contributed by atoms with Crippen LogP contribution in [0, 0.1) is 12.7 Å². The summed E-state index contributed by atoms with van der Waals surface area (Å²) in [7, 11) is 1.90. The molecular formula is C14H18FN3. The van der Waals surface area contributed by atoms with Gasteiger partial charge in [0.15, 0.2) is 0 Å². The number of halogens is 1. The van der Waals surface area contributed by atoms with Crippen molar-refractivity contribution in [2.45, 2.75) is 26.3 Å². The van der Waals surface area contributed by atoms with E-state index in [0.717, 1.165) is 11.4 Å². The predicted octanol–water partition coefficient (Wildman–Crippen LogP) is 2.77. The molecule has 1 aromatic carbocycles. The largest absolute Gasteiger partial charge is 0.310 e. The summed E-state index contributed by atoms with van der Waals surface area (Å²) in [5.74, 6) is -0.200. The van der Waals surface area contributed by atoms with Gasteiger partial charge in [0.2, 0.25) is 0 Å². The molecule has 0 spiro atoms. The molecule has 0 bridgehead atoms. The molecule has 18 heavy (non-hydrogen) atoms. The van der Waals surface area contributed by atoms with Gasteiger partial charge < -0.3 is 9.88 Å². The minimum Gasteiger partial charge on any atom is -0.310 e. The molecule has 0 unspecified atom stereocenters. The van der Waals surface area contributed by atoms with Crippen LogP contribution in [0.3, 0.4) is 0 Å². The fourth-order valence-corrected chi connectivity index (χ4v) is 1.93. The molecule has 1 heterocycles. The van der Waals surface area contributed by atoms with Gasteiger partial charge in [0.1, 0.15) is 5.82 Å². The van der Waals surface area contributed by atoms with Gasteiger partial charge in [-0.25, -0.2) is 9.37 Å². The second-order valence-corrected chi connectivity index (χ2v) is 4.91. The van der Waals surface area contributed by atoms with E-state index in [1.807, 2.05) is 17.7 Å². The van der Waals surface area contributed by atoms with Gasteiger partial charge in [0.05, 0.1) is 29.4 Å². The third kappa shape index (κ3) is 2.04. The molecule has 0 saturated heterocycles. The molecule has 2 rings (SSSR count). The van der Waals surface area contributed by atoms with Gasteiger partial charge in [0, 0.05) is 5.56 Å². The van der Waals surface area contributed by atoms with Crippen molar-refractivity contribution in [2.75, 3.05) is 7.05 Å². The number of hydrogen-bond donors (Lipinski definition) is 1. The molecule has 0 fully saturated rings. The SMILES string of the molecule is CNC(C)(C)c1cncn1-c1cccc(F)c1C. The zero-order valence-corrected chi connectivity index (χ0v) is 11.2. The summed E-state index contributed by atoms with van der Waals surface area (Å²) < 4.78 is 15.6. The van der Waals surface area contributed by atoms with Gasteiger partial charge in [-0.15, -0.1) is 0 Å². The lowest BCUT2D eigenvalue weighted by Crippen LogP contribution is -2.35. The molecule has 0 saturated carbocycles. The highest BCUT2D eigenvalue weighted by Gasteiger charge is 2.23. The molecular weight excluding hydrogens is 229 g/mol. The van der Waals surface area contributed by atoms with Crippen LogP contribution in [0.1, 0.15) is 25.1 Å². The Hall–Kier alpha value is -1.68. The van der Waals surface area contributed by atoms with E-state index in [1.165, 1.54) is 6.07 Å². The molecule has 0 aliphatic carbocycles. The average Bonchev–Trinajstić information content (AvgIpc) is 2.82. The van der Waals surface area contributed by atoms with Crippen LogP contribution >= 0.6 is 0 Å². The van der Waals surface area contributed by atoms with Crippen LogP contribution in [0.4, 0.5) is 4.39 Å². The lowest BCUT2D eigenvalue weighted by Gasteiger charge is -2.26. The maximum atomic E-state index is 13.6. The van der Waals surface area contributed by atoms with Crippen molar-refractivity contribution in [3.63, 3.8) is 0 Å². The first-order chi connectivity index (χ1) is 8.47. The van der Waals surface area contributed by atoms with Gasteiger partial charge in [-0.2, -0.15) is 0 Å². The fraction of sp³-hybridized carbons (Fsp3) is 0.357. The topological polar surface area (TPSA) is 29.9 Å². The van der Waals surface area contributed by atoms with Gasteiger partial charge in [0.25, 0.3) is 0 Å². The van der Waals surface area contributed by atoms with E-state index in [4.69, 9.17) is 0 Å². The Balaban J connectivity index is 2.60. The summed E-state index contributed by atoms with van der Waals surface area (Å²) in [6.07, 6.45) is 3.52. The monoisotopic (exact) mass is 247 g/mol. The third-order valence-corrected chi connectivity index (χ3v) is 3.40. The average molecular weight is 247 g/mol. The molecule has 0 atom stereocenters. The number of aromatic nitrogens is 2. The first kappa shape index (κ1) is 12.8. The van der Waals surface area contributed by atoms with E-state index in [0.29, 0.717) is 5.56 Å². The van der Waals surface area contributed by atoms with E-state index in [9.17, 15) is 4.39 Å². The highest BCUT2D eigenvalue weighted by Crippen LogP contribution is 2.25. The van der Waals surface area contributed by atoms with Gasteiger partial charge >= 0.3 is 0 Å². The number of rotatable bonds is 3. The lowest BCUT2D eigenvalue weighted by molar-refractivity contribution is 0.424. The van der Waals surface area contributed by atoms with Crippen molar-refractivity contribution in [3.8, 4) is 5.69 Å². The van der Waals surface area contributed by atoms with Crippen LogP contribution in [0.2, 0.25) is 0 Å². The van der Waals surface area contributed by atoms with Crippen molar-refractivity contribution in [3.05, 3.63) is 47.8 Å². The van der Waals surface area contributed by atoms with Crippen molar-refractivity contribution in [1.29, 1.82) is 0 Å². The van der Waals surface area contributed by atoms with E-state index in [2.05, 4.69) is 24.1 Å². The Labute approximate surface area is 107 Å². The van der Waals surface area contributed by atoms with Crippen LogP contribution in [0.5, 0.6) is 0 Å².